The maximum atomic E-state index is 12.4. The molecule has 7 nitrogen and oxygen atoms in total. The molecular formula is C20H18N4O3S. The zero-order valence-corrected chi connectivity index (χ0v) is 15.8. The number of rotatable bonds is 4. The molecule has 0 bridgehead atoms. The number of hydrogen-bond acceptors (Lipinski definition) is 5. The highest BCUT2D eigenvalue weighted by Crippen LogP contribution is 2.45. The van der Waals surface area contributed by atoms with Crippen LogP contribution in [-0.4, -0.2) is 48.3 Å². The number of aromatic nitrogens is 2. The predicted octanol–water partition coefficient (Wildman–Crippen LogP) is 2.12. The van der Waals surface area contributed by atoms with E-state index in [1.165, 1.54) is 27.6 Å². The maximum absolute atomic E-state index is 12.4. The molecule has 2 aromatic rings. The Morgan fingerprint density at radius 3 is 2.89 bits per heavy atom. The van der Waals surface area contributed by atoms with Crippen LogP contribution in [0.4, 0.5) is 0 Å². The minimum absolute atomic E-state index is 0.0536. The van der Waals surface area contributed by atoms with Crippen LogP contribution in [0.25, 0.3) is 6.08 Å². The van der Waals surface area contributed by atoms with Crippen molar-refractivity contribution in [3.63, 3.8) is 0 Å². The van der Waals surface area contributed by atoms with Crippen molar-refractivity contribution >= 4 is 29.7 Å². The molecule has 1 fully saturated rings. The van der Waals surface area contributed by atoms with Gasteiger partial charge in [0.1, 0.15) is 16.9 Å². The van der Waals surface area contributed by atoms with Gasteiger partial charge in [0.25, 0.3) is 5.91 Å². The third kappa shape index (κ3) is 2.85. The summed E-state index contributed by atoms with van der Waals surface area (Å²) in [7, 11) is 0. The van der Waals surface area contributed by atoms with Gasteiger partial charge in [-0.2, -0.15) is 0 Å². The second-order valence-corrected chi connectivity index (χ2v) is 8.00. The lowest BCUT2D eigenvalue weighted by Gasteiger charge is -2.36. The number of carbonyl (C=O) groups excluding carboxylic acids is 1. The van der Waals surface area contributed by atoms with Crippen molar-refractivity contribution in [1.82, 2.24) is 19.4 Å². The fraction of sp³-hybridized carbons (Fsp3) is 0.250. The number of amides is 1. The molecule has 0 saturated carbocycles. The molecule has 3 aliphatic heterocycles. The molecule has 8 heteroatoms. The van der Waals surface area contributed by atoms with E-state index in [0.717, 1.165) is 37.7 Å². The lowest BCUT2D eigenvalue weighted by Crippen LogP contribution is -2.51. The molecule has 28 heavy (non-hydrogen) atoms. The number of β-lactam (4-membered cyclic amide) rings is 1. The lowest BCUT2D eigenvalue weighted by molar-refractivity contribution is -0.141. The quantitative estimate of drug-likeness (QED) is 0.632. The van der Waals surface area contributed by atoms with Crippen LogP contribution in [0, 0.1) is 0 Å². The number of carboxylic acid groups (broad SMARTS) is 1. The molecule has 1 atom stereocenters. The Kier molecular flexibility index (Phi) is 4.10. The van der Waals surface area contributed by atoms with Crippen LogP contribution in [0.15, 0.2) is 53.2 Å². The van der Waals surface area contributed by atoms with E-state index < -0.39 is 5.97 Å². The van der Waals surface area contributed by atoms with E-state index in [0.29, 0.717) is 5.57 Å². The number of imidazole rings is 1. The van der Waals surface area contributed by atoms with E-state index in [9.17, 15) is 9.59 Å². The molecule has 0 spiro atoms. The molecule has 1 N–H and O–H groups in total. The Morgan fingerprint density at radius 1 is 1.29 bits per heavy atom. The fourth-order valence-electron chi connectivity index (χ4n) is 3.80. The highest BCUT2D eigenvalue weighted by molar-refractivity contribution is 8.03. The van der Waals surface area contributed by atoms with Crippen LogP contribution >= 0.6 is 11.8 Å². The summed E-state index contributed by atoms with van der Waals surface area (Å²) in [6, 6.07) is 10.4. The highest BCUT2D eigenvalue weighted by Gasteiger charge is 2.49. The van der Waals surface area contributed by atoms with Crippen LogP contribution < -0.4 is 0 Å². The van der Waals surface area contributed by atoms with Gasteiger partial charge in [-0.1, -0.05) is 30.3 Å². The second-order valence-electron chi connectivity index (χ2n) is 7.04. The van der Waals surface area contributed by atoms with Gasteiger partial charge in [0.2, 0.25) is 0 Å². The third-order valence-corrected chi connectivity index (χ3v) is 6.29. The molecule has 1 saturated heterocycles. The van der Waals surface area contributed by atoms with E-state index in [1.807, 2.05) is 12.3 Å². The first-order valence-electron chi connectivity index (χ1n) is 9.06. The molecule has 1 aromatic heterocycles. The van der Waals surface area contributed by atoms with Gasteiger partial charge in [-0.15, -0.1) is 11.8 Å². The molecule has 0 aliphatic carbocycles. The van der Waals surface area contributed by atoms with Crippen LogP contribution in [0.5, 0.6) is 0 Å². The van der Waals surface area contributed by atoms with E-state index >= 15 is 0 Å². The molecule has 4 heterocycles. The number of aliphatic carboxylic acids is 1. The summed E-state index contributed by atoms with van der Waals surface area (Å²) < 4.78 is 2.14. The van der Waals surface area contributed by atoms with Crippen molar-refractivity contribution in [2.75, 3.05) is 6.54 Å². The summed E-state index contributed by atoms with van der Waals surface area (Å²) >= 11 is 1.35. The van der Waals surface area contributed by atoms with Gasteiger partial charge in [-0.25, -0.2) is 9.78 Å². The topological polar surface area (TPSA) is 78.7 Å². The van der Waals surface area contributed by atoms with Crippen molar-refractivity contribution in [3.8, 4) is 0 Å². The van der Waals surface area contributed by atoms with Crippen LogP contribution in [0.3, 0.4) is 0 Å². The van der Waals surface area contributed by atoms with Gasteiger partial charge in [0, 0.05) is 31.2 Å². The first-order chi connectivity index (χ1) is 13.6. The number of benzene rings is 1. The van der Waals surface area contributed by atoms with Crippen molar-refractivity contribution in [2.45, 2.75) is 25.0 Å². The van der Waals surface area contributed by atoms with E-state index in [2.05, 4.69) is 33.7 Å². The van der Waals surface area contributed by atoms with Crippen molar-refractivity contribution in [2.24, 2.45) is 0 Å². The number of thioether (sulfide) groups is 1. The molecule has 3 aliphatic rings. The molecule has 1 amide bonds. The SMILES string of the molecule is O=C(O)C1=CSC2/C(=C/c3cn4c(n3)CN(Cc3ccccc3)CC4)C(=O)N12. The lowest BCUT2D eigenvalue weighted by atomic mass is 10.0. The van der Waals surface area contributed by atoms with Crippen molar-refractivity contribution in [1.29, 1.82) is 0 Å². The van der Waals surface area contributed by atoms with Crippen molar-refractivity contribution < 1.29 is 14.7 Å². The Balaban J connectivity index is 1.30. The van der Waals surface area contributed by atoms with Gasteiger partial charge in [0.05, 0.1) is 17.8 Å². The number of carbonyl (C=O) groups is 2. The Morgan fingerprint density at radius 2 is 2.11 bits per heavy atom. The third-order valence-electron chi connectivity index (χ3n) is 5.21. The smallest absolute Gasteiger partial charge is 0.353 e. The monoisotopic (exact) mass is 394 g/mol. The molecule has 1 unspecified atom stereocenters. The van der Waals surface area contributed by atoms with Crippen LogP contribution in [0.2, 0.25) is 0 Å². The number of carboxylic acids is 1. The first-order valence-corrected chi connectivity index (χ1v) is 10.0. The largest absolute Gasteiger partial charge is 0.477 e. The fourth-order valence-corrected chi connectivity index (χ4v) is 4.91. The predicted molar refractivity (Wildman–Crippen MR) is 105 cm³/mol. The van der Waals surface area contributed by atoms with E-state index in [1.54, 1.807) is 6.08 Å². The summed E-state index contributed by atoms with van der Waals surface area (Å²) in [6.45, 7) is 3.47. The highest BCUT2D eigenvalue weighted by atomic mass is 32.2. The first kappa shape index (κ1) is 17.3. The number of hydrogen-bond donors (Lipinski definition) is 1. The standard InChI is InChI=1S/C20H18N4O3S/c25-18-15(19-24(18)16(12-28-19)20(26)27)8-14-10-23-7-6-22(11-17(23)21-14)9-13-4-2-1-3-5-13/h1-5,8,10,12,19H,6-7,9,11H2,(H,26,27)/b15-8+. The summed E-state index contributed by atoms with van der Waals surface area (Å²) in [4.78, 5) is 31.9. The van der Waals surface area contributed by atoms with Crippen LogP contribution in [0.1, 0.15) is 17.1 Å². The zero-order valence-electron chi connectivity index (χ0n) is 15.0. The minimum atomic E-state index is -1.07. The van der Waals surface area contributed by atoms with Gasteiger partial charge in [0.15, 0.2) is 0 Å². The normalized spacial score (nSPS) is 22.6. The molecule has 142 valence electrons. The minimum Gasteiger partial charge on any atom is -0.477 e. The molecular weight excluding hydrogens is 376 g/mol. The second kappa shape index (κ2) is 6.65. The molecule has 0 radical (unpaired) electrons. The van der Waals surface area contributed by atoms with Crippen molar-refractivity contribution in [3.05, 3.63) is 70.3 Å². The Bertz CT molecular complexity index is 1030. The summed E-state index contributed by atoms with van der Waals surface area (Å²) in [5.74, 6) is -0.334. The summed E-state index contributed by atoms with van der Waals surface area (Å²) in [5.41, 5.74) is 2.70. The molecule has 1 aromatic carbocycles. The number of nitrogens with zero attached hydrogens (tertiary/aromatic N) is 4. The zero-order chi connectivity index (χ0) is 19.3. The summed E-state index contributed by atoms with van der Waals surface area (Å²) in [5, 5.41) is 10.4. The average Bonchev–Trinajstić information content (AvgIpc) is 3.28. The summed E-state index contributed by atoms with van der Waals surface area (Å²) in [6.07, 6.45) is 3.77. The van der Waals surface area contributed by atoms with Gasteiger partial charge >= 0.3 is 5.97 Å². The van der Waals surface area contributed by atoms with E-state index in [4.69, 9.17) is 10.1 Å². The average molecular weight is 394 g/mol. The maximum Gasteiger partial charge on any atom is 0.353 e. The Hall–Kier alpha value is -2.84. The van der Waals surface area contributed by atoms with Gasteiger partial charge < -0.3 is 9.67 Å². The molecule has 5 rings (SSSR count). The number of fused-ring (bicyclic) bond motifs is 2. The van der Waals surface area contributed by atoms with Gasteiger partial charge in [-0.05, 0) is 11.6 Å². The van der Waals surface area contributed by atoms with E-state index in [-0.39, 0.29) is 17.0 Å². The van der Waals surface area contributed by atoms with Crippen LogP contribution in [-0.2, 0) is 29.2 Å². The Labute approximate surface area is 166 Å². The van der Waals surface area contributed by atoms with Gasteiger partial charge in [-0.3, -0.25) is 14.6 Å².